The number of hydrogen-bond donors (Lipinski definition) is 0. The number of carbonyl (C=O) groups excluding carboxylic acids is 2. The average Bonchev–Trinajstić information content (AvgIpc) is 2.93. The van der Waals surface area contributed by atoms with Crippen molar-refractivity contribution in [3.05, 3.63) is 53.6 Å². The number of hydrogen-bond acceptors (Lipinski definition) is 3. The van der Waals surface area contributed by atoms with Gasteiger partial charge in [-0.2, -0.15) is 0 Å². The summed E-state index contributed by atoms with van der Waals surface area (Å²) in [5.74, 6) is -0.110. The number of nitrogens with zero attached hydrogens (tertiary/aromatic N) is 3. The smallest absolute Gasteiger partial charge is 0.255 e. The Kier molecular flexibility index (Phi) is 4.28. The summed E-state index contributed by atoms with van der Waals surface area (Å²) in [5.41, 5.74) is 2.16. The van der Waals surface area contributed by atoms with E-state index >= 15 is 0 Å². The van der Waals surface area contributed by atoms with Gasteiger partial charge in [-0.05, 0) is 38.0 Å². The van der Waals surface area contributed by atoms with Crippen LogP contribution in [0, 0.1) is 12.8 Å². The summed E-state index contributed by atoms with van der Waals surface area (Å²) in [7, 11) is 1.93. The zero-order valence-electron chi connectivity index (χ0n) is 13.5. The zero-order valence-corrected chi connectivity index (χ0v) is 13.5. The first kappa shape index (κ1) is 15.5. The van der Waals surface area contributed by atoms with Crippen molar-refractivity contribution in [2.45, 2.75) is 19.8 Å². The second-order valence-corrected chi connectivity index (χ2v) is 6.10. The van der Waals surface area contributed by atoms with E-state index in [0.717, 1.165) is 24.1 Å². The van der Waals surface area contributed by atoms with E-state index in [1.54, 1.807) is 23.2 Å². The number of carbonyl (C=O) groups is 2. The predicted molar refractivity (Wildman–Crippen MR) is 87.3 cm³/mol. The fraction of sp³-hybridized carbons (Fsp3) is 0.389. The number of aryl methyl sites for hydroxylation is 1. The molecule has 1 aliphatic rings. The molecular weight excluding hydrogens is 290 g/mol. The van der Waals surface area contributed by atoms with Crippen LogP contribution in [0.2, 0.25) is 0 Å². The standard InChI is InChI=1S/C18H21N3O2/c1-13-15(8-11-20(13)2)18(23)21-10-5-6-14(12-21)17(22)16-7-3-4-9-19-16/h3-4,7-9,11,14H,5-6,10,12H2,1-2H3. The Bertz CT molecular complexity index is 721. The van der Waals surface area contributed by atoms with Crippen molar-refractivity contribution < 1.29 is 9.59 Å². The van der Waals surface area contributed by atoms with E-state index in [4.69, 9.17) is 0 Å². The third-order valence-corrected chi connectivity index (χ3v) is 4.61. The molecule has 3 rings (SSSR count). The molecule has 0 bridgehead atoms. The molecular formula is C18H21N3O2. The number of likely N-dealkylation sites (tertiary alicyclic amines) is 1. The lowest BCUT2D eigenvalue weighted by atomic mass is 9.91. The molecule has 0 spiro atoms. The molecule has 120 valence electrons. The van der Waals surface area contributed by atoms with Gasteiger partial charge >= 0.3 is 0 Å². The van der Waals surface area contributed by atoms with Crippen molar-refractivity contribution in [2.75, 3.05) is 13.1 Å². The van der Waals surface area contributed by atoms with Gasteiger partial charge in [0.25, 0.3) is 5.91 Å². The first-order chi connectivity index (χ1) is 11.1. The average molecular weight is 311 g/mol. The van der Waals surface area contributed by atoms with Crippen LogP contribution in [-0.2, 0) is 7.05 Å². The van der Waals surface area contributed by atoms with E-state index < -0.39 is 0 Å². The lowest BCUT2D eigenvalue weighted by Gasteiger charge is -2.32. The Balaban J connectivity index is 1.75. The van der Waals surface area contributed by atoms with Gasteiger partial charge in [-0.3, -0.25) is 14.6 Å². The van der Waals surface area contributed by atoms with Gasteiger partial charge in [-0.15, -0.1) is 0 Å². The highest BCUT2D eigenvalue weighted by Gasteiger charge is 2.30. The van der Waals surface area contributed by atoms with Crippen LogP contribution in [0.1, 0.15) is 39.4 Å². The number of amides is 1. The van der Waals surface area contributed by atoms with E-state index in [9.17, 15) is 9.59 Å². The van der Waals surface area contributed by atoms with E-state index in [0.29, 0.717) is 18.8 Å². The maximum Gasteiger partial charge on any atom is 0.255 e. The van der Waals surface area contributed by atoms with Gasteiger partial charge in [0.2, 0.25) is 0 Å². The number of pyridine rings is 1. The SMILES string of the molecule is Cc1c(C(=O)N2CCCC(C(=O)c3ccccn3)C2)ccn1C. The quantitative estimate of drug-likeness (QED) is 0.818. The van der Waals surface area contributed by atoms with E-state index in [1.165, 1.54) is 0 Å². The fourth-order valence-corrected chi connectivity index (χ4v) is 3.10. The lowest BCUT2D eigenvalue weighted by Crippen LogP contribution is -2.42. The minimum Gasteiger partial charge on any atom is -0.354 e. The molecule has 5 heteroatoms. The molecule has 0 N–H and O–H groups in total. The van der Waals surface area contributed by atoms with Crippen LogP contribution in [0.3, 0.4) is 0 Å². The second kappa shape index (κ2) is 6.36. The van der Waals surface area contributed by atoms with Gasteiger partial charge in [-0.25, -0.2) is 0 Å². The summed E-state index contributed by atoms with van der Waals surface area (Å²) in [6.45, 7) is 3.12. The number of Topliss-reactive ketones (excluding diaryl/α,β-unsaturated/α-hetero) is 1. The van der Waals surface area contributed by atoms with E-state index in [-0.39, 0.29) is 17.6 Å². The van der Waals surface area contributed by atoms with Crippen molar-refractivity contribution in [2.24, 2.45) is 13.0 Å². The molecule has 1 unspecified atom stereocenters. The van der Waals surface area contributed by atoms with E-state index in [2.05, 4.69) is 4.98 Å². The van der Waals surface area contributed by atoms with Crippen molar-refractivity contribution in [3.8, 4) is 0 Å². The highest BCUT2D eigenvalue weighted by molar-refractivity contribution is 5.98. The summed E-state index contributed by atoms with van der Waals surface area (Å²) in [4.78, 5) is 31.2. The molecule has 23 heavy (non-hydrogen) atoms. The first-order valence-corrected chi connectivity index (χ1v) is 7.94. The third kappa shape index (κ3) is 3.04. The molecule has 1 amide bonds. The molecule has 0 saturated carbocycles. The molecule has 1 aliphatic heterocycles. The molecule has 0 radical (unpaired) electrons. The van der Waals surface area contributed by atoms with Crippen LogP contribution < -0.4 is 0 Å². The Morgan fingerprint density at radius 2 is 2.09 bits per heavy atom. The number of aromatic nitrogens is 2. The predicted octanol–water partition coefficient (Wildman–Crippen LogP) is 2.46. The van der Waals surface area contributed by atoms with Crippen LogP contribution in [-0.4, -0.2) is 39.2 Å². The maximum absolute atomic E-state index is 12.7. The topological polar surface area (TPSA) is 55.2 Å². The molecule has 1 saturated heterocycles. The highest BCUT2D eigenvalue weighted by Crippen LogP contribution is 2.22. The fourth-order valence-electron chi connectivity index (χ4n) is 3.10. The third-order valence-electron chi connectivity index (χ3n) is 4.61. The lowest BCUT2D eigenvalue weighted by molar-refractivity contribution is 0.0635. The molecule has 0 aromatic carbocycles. The summed E-state index contributed by atoms with van der Waals surface area (Å²) in [6.07, 6.45) is 5.18. The van der Waals surface area contributed by atoms with Crippen LogP contribution in [0.25, 0.3) is 0 Å². The monoisotopic (exact) mass is 311 g/mol. The summed E-state index contributed by atoms with van der Waals surface area (Å²) < 4.78 is 1.94. The van der Waals surface area contributed by atoms with E-state index in [1.807, 2.05) is 36.9 Å². The van der Waals surface area contributed by atoms with Crippen LogP contribution in [0.15, 0.2) is 36.7 Å². The first-order valence-electron chi connectivity index (χ1n) is 7.94. The summed E-state index contributed by atoms with van der Waals surface area (Å²) >= 11 is 0. The van der Waals surface area contributed by atoms with Gasteiger partial charge in [0.05, 0.1) is 5.56 Å². The van der Waals surface area contributed by atoms with Gasteiger partial charge in [0.1, 0.15) is 5.69 Å². The van der Waals surface area contributed by atoms with Gasteiger partial charge in [-0.1, -0.05) is 6.07 Å². The van der Waals surface area contributed by atoms with Gasteiger partial charge < -0.3 is 9.47 Å². The minimum absolute atomic E-state index is 0.0154. The van der Waals surface area contributed by atoms with Crippen molar-refractivity contribution in [1.29, 1.82) is 0 Å². The Hall–Kier alpha value is -2.43. The molecule has 1 atom stereocenters. The number of rotatable bonds is 3. The number of ketones is 1. The second-order valence-electron chi connectivity index (χ2n) is 6.10. The van der Waals surface area contributed by atoms with Crippen molar-refractivity contribution in [3.63, 3.8) is 0 Å². The van der Waals surface area contributed by atoms with Gasteiger partial charge in [0.15, 0.2) is 5.78 Å². The van der Waals surface area contributed by atoms with Crippen LogP contribution in [0.5, 0.6) is 0 Å². The molecule has 0 aliphatic carbocycles. The molecule has 3 heterocycles. The normalized spacial score (nSPS) is 18.0. The Labute approximate surface area is 135 Å². The maximum atomic E-state index is 12.7. The Morgan fingerprint density at radius 1 is 1.26 bits per heavy atom. The summed E-state index contributed by atoms with van der Waals surface area (Å²) in [5, 5.41) is 0. The molecule has 1 fully saturated rings. The van der Waals surface area contributed by atoms with Crippen LogP contribution in [0.4, 0.5) is 0 Å². The van der Waals surface area contributed by atoms with Gasteiger partial charge in [0, 0.05) is 44.1 Å². The molecule has 2 aromatic heterocycles. The molecule has 5 nitrogen and oxygen atoms in total. The number of piperidine rings is 1. The van der Waals surface area contributed by atoms with Crippen molar-refractivity contribution in [1.82, 2.24) is 14.5 Å². The molecule has 2 aromatic rings. The largest absolute Gasteiger partial charge is 0.354 e. The summed E-state index contributed by atoms with van der Waals surface area (Å²) in [6, 6.07) is 7.21. The van der Waals surface area contributed by atoms with Crippen LogP contribution >= 0.6 is 0 Å². The highest BCUT2D eigenvalue weighted by atomic mass is 16.2. The minimum atomic E-state index is -0.161. The zero-order chi connectivity index (χ0) is 16.4. The Morgan fingerprint density at radius 3 is 2.74 bits per heavy atom. The van der Waals surface area contributed by atoms with Crippen molar-refractivity contribution >= 4 is 11.7 Å².